The Labute approximate surface area is 64.3 Å². The lowest BCUT2D eigenvalue weighted by Gasteiger charge is -1.95. The van der Waals surface area contributed by atoms with Gasteiger partial charge in [0.1, 0.15) is 6.33 Å². The van der Waals surface area contributed by atoms with Crippen molar-refractivity contribution in [2.75, 3.05) is 0 Å². The van der Waals surface area contributed by atoms with Crippen LogP contribution in [0.3, 0.4) is 0 Å². The van der Waals surface area contributed by atoms with Crippen molar-refractivity contribution in [1.29, 1.82) is 5.41 Å². The molecule has 0 amide bonds. The second-order valence-electron chi connectivity index (χ2n) is 1.92. The highest BCUT2D eigenvalue weighted by Crippen LogP contribution is 2.02. The number of nitrogens with zero attached hydrogens (tertiary/aromatic N) is 2. The van der Waals surface area contributed by atoms with Crippen molar-refractivity contribution in [3.05, 3.63) is 30.4 Å². The molecule has 0 spiro atoms. The summed E-state index contributed by atoms with van der Waals surface area (Å²) in [5, 5.41) is 6.76. The zero-order valence-electron chi connectivity index (χ0n) is 5.86. The van der Waals surface area contributed by atoms with Crippen molar-refractivity contribution < 1.29 is 0 Å². The highest BCUT2D eigenvalue weighted by atomic mass is 14.8. The molecule has 4 heteroatoms. The molecule has 0 bridgehead atoms. The third-order valence-electron chi connectivity index (χ3n) is 1.16. The number of allylic oxidation sites excluding steroid dienone is 1. The van der Waals surface area contributed by atoms with Gasteiger partial charge in [0.15, 0.2) is 0 Å². The maximum atomic E-state index is 6.76. The molecule has 56 valence electrons. The van der Waals surface area contributed by atoms with E-state index >= 15 is 0 Å². The van der Waals surface area contributed by atoms with Gasteiger partial charge >= 0.3 is 0 Å². The highest BCUT2D eigenvalue weighted by Gasteiger charge is 1.92. The smallest absolute Gasteiger partial charge is 0.115 e. The fourth-order valence-corrected chi connectivity index (χ4v) is 0.634. The SMILES string of the molecule is N=CC=C(N)c1cncnc1. The van der Waals surface area contributed by atoms with Gasteiger partial charge in [-0.15, -0.1) is 0 Å². The molecule has 0 aromatic carbocycles. The molecular formula is C7H8N4. The van der Waals surface area contributed by atoms with Crippen molar-refractivity contribution in [3.63, 3.8) is 0 Å². The first-order valence-electron chi connectivity index (χ1n) is 3.06. The fourth-order valence-electron chi connectivity index (χ4n) is 0.634. The van der Waals surface area contributed by atoms with Gasteiger partial charge in [-0.2, -0.15) is 0 Å². The molecule has 0 aliphatic rings. The van der Waals surface area contributed by atoms with Crippen molar-refractivity contribution >= 4 is 11.9 Å². The van der Waals surface area contributed by atoms with Crippen molar-refractivity contribution in [3.8, 4) is 0 Å². The quantitative estimate of drug-likeness (QED) is 0.597. The van der Waals surface area contributed by atoms with Crippen LogP contribution in [0.2, 0.25) is 0 Å². The van der Waals surface area contributed by atoms with Gasteiger partial charge in [-0.05, 0) is 6.08 Å². The minimum absolute atomic E-state index is 0.501. The predicted molar refractivity (Wildman–Crippen MR) is 43.0 cm³/mol. The Morgan fingerprint density at radius 3 is 2.64 bits per heavy atom. The zero-order chi connectivity index (χ0) is 8.10. The van der Waals surface area contributed by atoms with Gasteiger partial charge < -0.3 is 11.1 Å². The van der Waals surface area contributed by atoms with E-state index in [9.17, 15) is 0 Å². The summed E-state index contributed by atoms with van der Waals surface area (Å²) in [4.78, 5) is 7.56. The van der Waals surface area contributed by atoms with Crippen LogP contribution in [0.15, 0.2) is 24.8 Å². The summed E-state index contributed by atoms with van der Waals surface area (Å²) in [6.07, 6.45) is 7.24. The number of hydrogen-bond acceptors (Lipinski definition) is 4. The molecule has 1 aromatic heterocycles. The average Bonchev–Trinajstić information content (AvgIpc) is 2.07. The Kier molecular flexibility index (Phi) is 2.32. The van der Waals surface area contributed by atoms with Crippen molar-refractivity contribution in [2.24, 2.45) is 5.73 Å². The molecule has 0 saturated carbocycles. The molecule has 0 aliphatic carbocycles. The van der Waals surface area contributed by atoms with E-state index in [0.717, 1.165) is 11.8 Å². The molecule has 11 heavy (non-hydrogen) atoms. The summed E-state index contributed by atoms with van der Waals surface area (Å²) in [5.41, 5.74) is 6.77. The fraction of sp³-hybridized carbons (Fsp3) is 0. The van der Waals surface area contributed by atoms with Crippen LogP contribution in [0.4, 0.5) is 0 Å². The normalized spacial score (nSPS) is 11.1. The first kappa shape index (κ1) is 7.40. The highest BCUT2D eigenvalue weighted by molar-refractivity contribution is 5.81. The maximum Gasteiger partial charge on any atom is 0.115 e. The second kappa shape index (κ2) is 3.46. The molecule has 4 nitrogen and oxygen atoms in total. The van der Waals surface area contributed by atoms with E-state index < -0.39 is 0 Å². The molecule has 1 heterocycles. The van der Waals surface area contributed by atoms with Gasteiger partial charge in [0, 0.05) is 29.9 Å². The molecule has 0 radical (unpaired) electrons. The summed E-state index contributed by atoms with van der Waals surface area (Å²) < 4.78 is 0. The monoisotopic (exact) mass is 148 g/mol. The Morgan fingerprint density at radius 2 is 2.09 bits per heavy atom. The van der Waals surface area contributed by atoms with Crippen LogP contribution in [0.25, 0.3) is 5.70 Å². The number of hydrogen-bond donors (Lipinski definition) is 2. The summed E-state index contributed by atoms with van der Waals surface area (Å²) in [6, 6.07) is 0. The average molecular weight is 148 g/mol. The molecule has 0 aliphatic heterocycles. The van der Waals surface area contributed by atoms with Crippen molar-refractivity contribution in [1.82, 2.24) is 9.97 Å². The van der Waals surface area contributed by atoms with Crippen LogP contribution in [-0.4, -0.2) is 16.2 Å². The summed E-state index contributed by atoms with van der Waals surface area (Å²) in [7, 11) is 0. The number of nitrogens with two attached hydrogens (primary N) is 1. The van der Waals surface area contributed by atoms with Crippen LogP contribution in [0.5, 0.6) is 0 Å². The molecule has 0 fully saturated rings. The predicted octanol–water partition coefficient (Wildman–Crippen LogP) is 0.426. The minimum Gasteiger partial charge on any atom is -0.398 e. The van der Waals surface area contributed by atoms with E-state index in [4.69, 9.17) is 11.1 Å². The molecular weight excluding hydrogens is 140 g/mol. The van der Waals surface area contributed by atoms with Crippen LogP contribution in [-0.2, 0) is 0 Å². The van der Waals surface area contributed by atoms with Crippen LogP contribution in [0.1, 0.15) is 5.56 Å². The van der Waals surface area contributed by atoms with E-state index in [1.165, 1.54) is 12.4 Å². The molecule has 1 aromatic rings. The van der Waals surface area contributed by atoms with Crippen LogP contribution < -0.4 is 5.73 Å². The van der Waals surface area contributed by atoms with Gasteiger partial charge in [-0.3, -0.25) is 0 Å². The van der Waals surface area contributed by atoms with E-state index in [-0.39, 0.29) is 0 Å². The Balaban J connectivity index is 2.94. The largest absolute Gasteiger partial charge is 0.398 e. The third-order valence-corrected chi connectivity index (χ3v) is 1.16. The molecule has 1 rings (SSSR count). The maximum absolute atomic E-state index is 6.76. The second-order valence-corrected chi connectivity index (χ2v) is 1.92. The van der Waals surface area contributed by atoms with E-state index in [1.54, 1.807) is 12.4 Å². The molecule has 3 N–H and O–H groups in total. The summed E-state index contributed by atoms with van der Waals surface area (Å²) in [6.45, 7) is 0. The lowest BCUT2D eigenvalue weighted by Crippen LogP contribution is -1.97. The lowest BCUT2D eigenvalue weighted by molar-refractivity contribution is 1.15. The first-order chi connectivity index (χ1) is 5.34. The topological polar surface area (TPSA) is 75.7 Å². The van der Waals surface area contributed by atoms with Gasteiger partial charge in [0.25, 0.3) is 0 Å². The summed E-state index contributed by atoms with van der Waals surface area (Å²) >= 11 is 0. The summed E-state index contributed by atoms with van der Waals surface area (Å²) in [5.74, 6) is 0. The van der Waals surface area contributed by atoms with Gasteiger partial charge in [-0.25, -0.2) is 9.97 Å². The van der Waals surface area contributed by atoms with Crippen molar-refractivity contribution in [2.45, 2.75) is 0 Å². The Hall–Kier alpha value is -1.71. The van der Waals surface area contributed by atoms with E-state index in [2.05, 4.69) is 9.97 Å². The number of nitrogens with one attached hydrogen (secondary N) is 1. The third kappa shape index (κ3) is 1.86. The van der Waals surface area contributed by atoms with Gasteiger partial charge in [0.2, 0.25) is 0 Å². The Bertz CT molecular complexity index is 265. The molecule has 0 atom stereocenters. The zero-order valence-corrected chi connectivity index (χ0v) is 5.86. The van der Waals surface area contributed by atoms with E-state index in [1.807, 2.05) is 0 Å². The number of aromatic nitrogens is 2. The standard InChI is InChI=1S/C7H8N4/c8-2-1-7(9)6-3-10-5-11-4-6/h1-5,8H,9H2. The lowest BCUT2D eigenvalue weighted by atomic mass is 10.2. The minimum atomic E-state index is 0.501. The van der Waals surface area contributed by atoms with Crippen LogP contribution >= 0.6 is 0 Å². The van der Waals surface area contributed by atoms with Gasteiger partial charge in [-0.1, -0.05) is 0 Å². The Morgan fingerprint density at radius 1 is 1.45 bits per heavy atom. The molecule has 0 saturated heterocycles. The van der Waals surface area contributed by atoms with Gasteiger partial charge in [0.05, 0.1) is 0 Å². The van der Waals surface area contributed by atoms with Crippen LogP contribution in [0, 0.1) is 5.41 Å². The van der Waals surface area contributed by atoms with E-state index in [0.29, 0.717) is 5.70 Å². The number of rotatable bonds is 2. The first-order valence-corrected chi connectivity index (χ1v) is 3.06. The molecule has 0 unspecified atom stereocenters.